The highest BCUT2D eigenvalue weighted by Gasteiger charge is 2.30. The lowest BCUT2D eigenvalue weighted by Gasteiger charge is -2.39. The van der Waals surface area contributed by atoms with E-state index in [2.05, 4.69) is 29.6 Å². The Kier molecular flexibility index (Phi) is 7.80. The second-order valence-corrected chi connectivity index (χ2v) is 8.76. The number of carboxylic acids is 1. The van der Waals surface area contributed by atoms with E-state index in [1.165, 1.54) is 11.1 Å². The molecule has 1 aliphatic carbocycles. The first-order valence-electron chi connectivity index (χ1n) is 11.7. The standard InChI is InChI=1S/C26H30N2O6/c29-24(28-14-18(15-28)6-5-11-25(30)31)17-33-13-12-27-26(32)34-16-23-21-9-3-1-7-19(21)20-8-2-4-10-22(20)23/h1-4,7-10,18,23H,5-6,11-17H2,(H,27,32)(H,30,31). The van der Waals surface area contributed by atoms with Crippen LogP contribution < -0.4 is 5.32 Å². The molecule has 1 fully saturated rings. The first-order chi connectivity index (χ1) is 16.5. The third-order valence-corrected chi connectivity index (χ3v) is 6.40. The number of alkyl carbamates (subject to hydrolysis) is 1. The molecule has 0 unspecified atom stereocenters. The zero-order valence-electron chi connectivity index (χ0n) is 19.1. The highest BCUT2D eigenvalue weighted by molar-refractivity contribution is 5.79. The van der Waals surface area contributed by atoms with Gasteiger partial charge in [0.15, 0.2) is 0 Å². The van der Waals surface area contributed by atoms with Gasteiger partial charge in [0, 0.05) is 32.0 Å². The lowest BCUT2D eigenvalue weighted by Crippen LogP contribution is -2.51. The second-order valence-electron chi connectivity index (χ2n) is 8.76. The Morgan fingerprint density at radius 3 is 2.29 bits per heavy atom. The van der Waals surface area contributed by atoms with Gasteiger partial charge < -0.3 is 24.8 Å². The molecule has 2 N–H and O–H groups in total. The molecule has 8 nitrogen and oxygen atoms in total. The maximum absolute atomic E-state index is 12.1. The SMILES string of the molecule is O=C(O)CCCC1CN(C(=O)COCCNC(=O)OCC2c3ccccc3-c3ccccc32)C1. The van der Waals surface area contributed by atoms with Crippen molar-refractivity contribution in [3.8, 4) is 11.1 Å². The topological polar surface area (TPSA) is 105 Å². The molecule has 2 amide bonds. The Bertz CT molecular complexity index is 988. The molecule has 1 heterocycles. The van der Waals surface area contributed by atoms with Crippen LogP contribution >= 0.6 is 0 Å². The van der Waals surface area contributed by atoms with Crippen LogP contribution in [0, 0.1) is 5.92 Å². The molecule has 0 aromatic heterocycles. The Morgan fingerprint density at radius 2 is 1.65 bits per heavy atom. The van der Waals surface area contributed by atoms with Gasteiger partial charge in [-0.15, -0.1) is 0 Å². The number of carbonyl (C=O) groups excluding carboxylic acids is 2. The third kappa shape index (κ3) is 5.75. The van der Waals surface area contributed by atoms with Crippen molar-refractivity contribution in [3.63, 3.8) is 0 Å². The van der Waals surface area contributed by atoms with Gasteiger partial charge in [0.1, 0.15) is 13.2 Å². The minimum atomic E-state index is -0.785. The number of nitrogens with one attached hydrogen (secondary N) is 1. The molecule has 180 valence electrons. The number of amides is 2. The van der Waals surface area contributed by atoms with Crippen LogP contribution in [0.5, 0.6) is 0 Å². The summed E-state index contributed by atoms with van der Waals surface area (Å²) in [7, 11) is 0. The monoisotopic (exact) mass is 466 g/mol. The maximum atomic E-state index is 12.1. The summed E-state index contributed by atoms with van der Waals surface area (Å²) in [5, 5.41) is 11.3. The van der Waals surface area contributed by atoms with Gasteiger partial charge in [-0.1, -0.05) is 48.5 Å². The molecule has 2 aliphatic rings. The van der Waals surface area contributed by atoms with Crippen molar-refractivity contribution in [1.29, 1.82) is 0 Å². The molecule has 4 rings (SSSR count). The smallest absolute Gasteiger partial charge is 0.407 e. The van der Waals surface area contributed by atoms with E-state index in [0.717, 1.165) is 17.5 Å². The number of nitrogens with zero attached hydrogens (tertiary/aromatic N) is 1. The van der Waals surface area contributed by atoms with E-state index in [-0.39, 0.29) is 44.6 Å². The molecular formula is C26H30N2O6. The van der Waals surface area contributed by atoms with Gasteiger partial charge in [-0.2, -0.15) is 0 Å². The van der Waals surface area contributed by atoms with Crippen molar-refractivity contribution >= 4 is 18.0 Å². The largest absolute Gasteiger partial charge is 0.481 e. The average molecular weight is 467 g/mol. The van der Waals surface area contributed by atoms with E-state index in [9.17, 15) is 14.4 Å². The van der Waals surface area contributed by atoms with Gasteiger partial charge in [0.2, 0.25) is 5.91 Å². The number of rotatable bonds is 11. The molecule has 2 aromatic carbocycles. The summed E-state index contributed by atoms with van der Waals surface area (Å²) in [6.45, 7) is 1.99. The third-order valence-electron chi connectivity index (χ3n) is 6.40. The molecule has 1 saturated heterocycles. The minimum absolute atomic E-state index is 0.0106. The number of carbonyl (C=O) groups is 3. The zero-order chi connectivity index (χ0) is 23.9. The molecule has 0 atom stereocenters. The molecule has 0 bridgehead atoms. The first-order valence-corrected chi connectivity index (χ1v) is 11.7. The molecular weight excluding hydrogens is 436 g/mol. The minimum Gasteiger partial charge on any atom is -0.481 e. The van der Waals surface area contributed by atoms with Crippen LogP contribution in [0.25, 0.3) is 11.1 Å². The predicted octanol–water partition coefficient (Wildman–Crippen LogP) is 3.26. The van der Waals surface area contributed by atoms with Gasteiger partial charge in [0.05, 0.1) is 6.61 Å². The number of fused-ring (bicyclic) bond motifs is 3. The van der Waals surface area contributed by atoms with Crippen LogP contribution in [0.1, 0.15) is 36.3 Å². The van der Waals surface area contributed by atoms with Crippen LogP contribution in [0.3, 0.4) is 0 Å². The van der Waals surface area contributed by atoms with Gasteiger partial charge in [0.25, 0.3) is 0 Å². The summed E-state index contributed by atoms with van der Waals surface area (Å²) in [6.07, 6.45) is 1.12. The van der Waals surface area contributed by atoms with Crippen LogP contribution in [-0.4, -0.2) is 67.4 Å². The highest BCUT2D eigenvalue weighted by Crippen LogP contribution is 2.44. The summed E-state index contributed by atoms with van der Waals surface area (Å²) >= 11 is 0. The van der Waals surface area contributed by atoms with E-state index in [1.54, 1.807) is 4.90 Å². The van der Waals surface area contributed by atoms with Crippen molar-refractivity contribution < 1.29 is 29.0 Å². The molecule has 8 heteroatoms. The van der Waals surface area contributed by atoms with Gasteiger partial charge in [-0.25, -0.2) is 4.79 Å². The van der Waals surface area contributed by atoms with Gasteiger partial charge in [-0.05, 0) is 41.0 Å². The lowest BCUT2D eigenvalue weighted by molar-refractivity contribution is -0.143. The number of likely N-dealkylation sites (tertiary alicyclic amines) is 1. The van der Waals surface area contributed by atoms with Crippen LogP contribution in [-0.2, 0) is 19.1 Å². The molecule has 0 spiro atoms. The molecule has 2 aromatic rings. The van der Waals surface area contributed by atoms with E-state index in [0.29, 0.717) is 25.4 Å². The second kappa shape index (κ2) is 11.2. The number of hydrogen-bond acceptors (Lipinski definition) is 5. The van der Waals surface area contributed by atoms with E-state index in [1.807, 2.05) is 24.3 Å². The Morgan fingerprint density at radius 1 is 1.00 bits per heavy atom. The van der Waals surface area contributed by atoms with Gasteiger partial charge >= 0.3 is 12.1 Å². The number of benzene rings is 2. The van der Waals surface area contributed by atoms with Gasteiger partial charge in [-0.3, -0.25) is 9.59 Å². The van der Waals surface area contributed by atoms with Crippen LogP contribution in [0.4, 0.5) is 4.79 Å². The Labute approximate surface area is 198 Å². The van der Waals surface area contributed by atoms with Crippen molar-refractivity contribution in [2.45, 2.75) is 25.2 Å². The van der Waals surface area contributed by atoms with Crippen LogP contribution in [0.2, 0.25) is 0 Å². The predicted molar refractivity (Wildman–Crippen MR) is 125 cm³/mol. The van der Waals surface area contributed by atoms with Crippen molar-refractivity contribution in [2.24, 2.45) is 5.92 Å². The summed E-state index contributed by atoms with van der Waals surface area (Å²) in [6, 6.07) is 16.3. The molecule has 0 radical (unpaired) electrons. The fourth-order valence-corrected chi connectivity index (χ4v) is 4.62. The Hall–Kier alpha value is -3.39. The molecule has 34 heavy (non-hydrogen) atoms. The first kappa shape index (κ1) is 23.8. The van der Waals surface area contributed by atoms with Crippen molar-refractivity contribution in [2.75, 3.05) is 39.5 Å². The van der Waals surface area contributed by atoms with Crippen molar-refractivity contribution in [3.05, 3.63) is 59.7 Å². The summed E-state index contributed by atoms with van der Waals surface area (Å²) in [4.78, 5) is 36.5. The number of aliphatic carboxylic acids is 1. The lowest BCUT2D eigenvalue weighted by atomic mass is 9.94. The maximum Gasteiger partial charge on any atom is 0.407 e. The summed E-state index contributed by atoms with van der Waals surface area (Å²) in [5.74, 6) is -0.488. The highest BCUT2D eigenvalue weighted by atomic mass is 16.5. The van der Waals surface area contributed by atoms with Crippen LogP contribution in [0.15, 0.2) is 48.5 Å². The zero-order valence-corrected chi connectivity index (χ0v) is 19.1. The average Bonchev–Trinajstić information content (AvgIpc) is 3.12. The van der Waals surface area contributed by atoms with E-state index < -0.39 is 12.1 Å². The normalized spacial score (nSPS) is 14.8. The fourth-order valence-electron chi connectivity index (χ4n) is 4.62. The fraction of sp³-hybridized carbons (Fsp3) is 0.423. The summed E-state index contributed by atoms with van der Waals surface area (Å²) in [5.41, 5.74) is 4.68. The van der Waals surface area contributed by atoms with E-state index in [4.69, 9.17) is 14.6 Å². The molecule has 1 aliphatic heterocycles. The Balaban J connectivity index is 1.10. The number of carboxylic acid groups (broad SMARTS) is 1. The van der Waals surface area contributed by atoms with E-state index >= 15 is 0 Å². The number of hydrogen-bond donors (Lipinski definition) is 2. The van der Waals surface area contributed by atoms with Crippen molar-refractivity contribution in [1.82, 2.24) is 10.2 Å². The quantitative estimate of drug-likeness (QED) is 0.493. The molecule has 0 saturated carbocycles. The number of ether oxygens (including phenoxy) is 2. The summed E-state index contributed by atoms with van der Waals surface area (Å²) < 4.78 is 10.9.